The highest BCUT2D eigenvalue weighted by atomic mass is 32.2. The van der Waals surface area contributed by atoms with E-state index in [4.69, 9.17) is 0 Å². The van der Waals surface area contributed by atoms with Gasteiger partial charge in [-0.1, -0.05) is 17.7 Å². The lowest BCUT2D eigenvalue weighted by molar-refractivity contribution is -0.137. The summed E-state index contributed by atoms with van der Waals surface area (Å²) < 4.78 is 68.0. The SMILES string of the molecule is Cc1ccc(S(=O)(=O)n2c(C)c(SC(C)N(C)C)c3cc(C(F)(F)F)ccc32)cc1. The number of alkyl halides is 3. The summed E-state index contributed by atoms with van der Waals surface area (Å²) >= 11 is 1.33. The summed E-state index contributed by atoms with van der Waals surface area (Å²) in [6.45, 7) is 5.39. The van der Waals surface area contributed by atoms with Gasteiger partial charge in [-0.25, -0.2) is 12.4 Å². The summed E-state index contributed by atoms with van der Waals surface area (Å²) in [7, 11) is -0.273. The van der Waals surface area contributed by atoms with Gasteiger partial charge in [-0.2, -0.15) is 13.2 Å². The molecular weight excluding hydrogens is 433 g/mol. The minimum absolute atomic E-state index is 0.0700. The number of benzene rings is 2. The Morgan fingerprint density at radius 1 is 1.03 bits per heavy atom. The zero-order valence-electron chi connectivity index (χ0n) is 17.3. The number of hydrogen-bond acceptors (Lipinski definition) is 4. The monoisotopic (exact) mass is 456 g/mol. The van der Waals surface area contributed by atoms with Crippen molar-refractivity contribution in [2.45, 2.75) is 42.1 Å². The van der Waals surface area contributed by atoms with Crippen LogP contribution in [-0.4, -0.2) is 36.8 Å². The molecule has 0 spiro atoms. The van der Waals surface area contributed by atoms with Crippen molar-refractivity contribution in [1.82, 2.24) is 8.87 Å². The van der Waals surface area contributed by atoms with Gasteiger partial charge in [0.05, 0.1) is 21.3 Å². The normalized spacial score (nSPS) is 13.9. The Morgan fingerprint density at radius 3 is 2.17 bits per heavy atom. The van der Waals surface area contributed by atoms with Crippen LogP contribution in [0.25, 0.3) is 10.9 Å². The Balaban J connectivity index is 2.31. The molecule has 0 saturated carbocycles. The van der Waals surface area contributed by atoms with Crippen molar-refractivity contribution >= 4 is 32.7 Å². The summed E-state index contributed by atoms with van der Waals surface area (Å²) in [6.07, 6.45) is -4.52. The maximum Gasteiger partial charge on any atom is 0.416 e. The Hall–Kier alpha value is -1.97. The molecule has 0 aliphatic heterocycles. The molecule has 1 aromatic heterocycles. The number of aryl methyl sites for hydroxylation is 1. The minimum Gasteiger partial charge on any atom is -0.298 e. The van der Waals surface area contributed by atoms with Crippen molar-refractivity contribution < 1.29 is 21.6 Å². The second kappa shape index (κ2) is 7.94. The van der Waals surface area contributed by atoms with Gasteiger partial charge in [0.1, 0.15) is 0 Å². The van der Waals surface area contributed by atoms with E-state index in [0.29, 0.717) is 10.6 Å². The average Bonchev–Trinajstić information content (AvgIpc) is 2.93. The zero-order chi connectivity index (χ0) is 22.4. The Morgan fingerprint density at radius 2 is 1.63 bits per heavy atom. The van der Waals surface area contributed by atoms with E-state index in [-0.39, 0.29) is 21.2 Å². The molecule has 0 N–H and O–H groups in total. The van der Waals surface area contributed by atoms with Crippen LogP contribution in [0.4, 0.5) is 13.2 Å². The van der Waals surface area contributed by atoms with Crippen LogP contribution in [0.1, 0.15) is 23.7 Å². The van der Waals surface area contributed by atoms with Crippen LogP contribution in [-0.2, 0) is 16.2 Å². The number of fused-ring (bicyclic) bond motifs is 1. The standard InChI is InChI=1S/C21H23F3N2O2S2/c1-13-6-9-17(10-7-13)30(27,28)26-14(2)20(29-15(3)25(4)5)18-12-16(21(22,23)24)8-11-19(18)26/h6-12,15H,1-5H3. The highest BCUT2D eigenvalue weighted by Gasteiger charge is 2.33. The van der Waals surface area contributed by atoms with Crippen LogP contribution in [0.5, 0.6) is 0 Å². The first-order valence-electron chi connectivity index (χ1n) is 9.21. The maximum absolute atomic E-state index is 13.4. The lowest BCUT2D eigenvalue weighted by Crippen LogP contribution is -2.21. The smallest absolute Gasteiger partial charge is 0.298 e. The predicted molar refractivity (Wildman–Crippen MR) is 114 cm³/mol. The van der Waals surface area contributed by atoms with E-state index in [0.717, 1.165) is 21.7 Å². The molecule has 0 bridgehead atoms. The molecule has 30 heavy (non-hydrogen) atoms. The summed E-state index contributed by atoms with van der Waals surface area (Å²) in [5.41, 5.74) is 0.728. The predicted octanol–water partition coefficient (Wildman–Crippen LogP) is 5.51. The van der Waals surface area contributed by atoms with Crippen molar-refractivity contribution in [1.29, 1.82) is 0 Å². The van der Waals surface area contributed by atoms with Gasteiger partial charge < -0.3 is 0 Å². The van der Waals surface area contributed by atoms with Crippen LogP contribution >= 0.6 is 11.8 Å². The van der Waals surface area contributed by atoms with Crippen molar-refractivity contribution in [3.63, 3.8) is 0 Å². The fraction of sp³-hybridized carbons (Fsp3) is 0.333. The Labute approximate surface area is 178 Å². The number of nitrogens with zero attached hydrogens (tertiary/aromatic N) is 2. The number of rotatable bonds is 5. The second-order valence-corrected chi connectivity index (χ2v) is 10.5. The molecule has 0 radical (unpaired) electrons. The van der Waals surface area contributed by atoms with Crippen LogP contribution in [0.15, 0.2) is 52.3 Å². The molecule has 1 heterocycles. The van der Waals surface area contributed by atoms with Crippen molar-refractivity contribution in [3.05, 3.63) is 59.3 Å². The molecule has 162 valence electrons. The summed E-state index contributed by atoms with van der Waals surface area (Å²) in [5.74, 6) is 0. The van der Waals surface area contributed by atoms with E-state index < -0.39 is 21.8 Å². The van der Waals surface area contributed by atoms with Gasteiger partial charge in [-0.05, 0) is 65.2 Å². The molecule has 9 heteroatoms. The van der Waals surface area contributed by atoms with Crippen LogP contribution in [0, 0.1) is 13.8 Å². The second-order valence-electron chi connectivity index (χ2n) is 7.41. The highest BCUT2D eigenvalue weighted by Crippen LogP contribution is 2.41. The molecule has 4 nitrogen and oxygen atoms in total. The highest BCUT2D eigenvalue weighted by molar-refractivity contribution is 8.00. The largest absolute Gasteiger partial charge is 0.416 e. The summed E-state index contributed by atoms with van der Waals surface area (Å²) in [6, 6.07) is 9.60. The lowest BCUT2D eigenvalue weighted by atomic mass is 10.1. The lowest BCUT2D eigenvalue weighted by Gasteiger charge is -2.19. The first kappa shape index (κ1) is 22.7. The van der Waals surface area contributed by atoms with E-state index in [2.05, 4.69) is 0 Å². The maximum atomic E-state index is 13.4. The minimum atomic E-state index is -4.52. The van der Waals surface area contributed by atoms with Gasteiger partial charge >= 0.3 is 6.18 Å². The zero-order valence-corrected chi connectivity index (χ0v) is 18.9. The van der Waals surface area contributed by atoms with E-state index >= 15 is 0 Å². The molecule has 0 aliphatic carbocycles. The van der Waals surface area contributed by atoms with E-state index in [9.17, 15) is 21.6 Å². The molecule has 1 unspecified atom stereocenters. The molecule has 3 rings (SSSR count). The fourth-order valence-corrected chi connectivity index (χ4v) is 5.81. The number of hydrogen-bond donors (Lipinski definition) is 0. The number of aromatic nitrogens is 1. The quantitative estimate of drug-likeness (QED) is 0.375. The van der Waals surface area contributed by atoms with Crippen LogP contribution in [0.2, 0.25) is 0 Å². The molecule has 0 amide bonds. The molecule has 0 aliphatic rings. The molecule has 2 aromatic carbocycles. The number of halogens is 3. The number of thioether (sulfide) groups is 1. The molecule has 0 fully saturated rings. The third-order valence-corrected chi connectivity index (χ3v) is 8.33. The topological polar surface area (TPSA) is 42.3 Å². The molecule has 0 saturated heterocycles. The van der Waals surface area contributed by atoms with Gasteiger partial charge in [-0.3, -0.25) is 4.90 Å². The van der Waals surface area contributed by atoms with Gasteiger partial charge in [0.25, 0.3) is 10.0 Å². The summed E-state index contributed by atoms with van der Waals surface area (Å²) in [5, 5.41) is 0.205. The van der Waals surface area contributed by atoms with Crippen LogP contribution < -0.4 is 0 Å². The average molecular weight is 457 g/mol. The molecule has 3 aromatic rings. The van der Waals surface area contributed by atoms with Gasteiger partial charge in [0.15, 0.2) is 0 Å². The van der Waals surface area contributed by atoms with Gasteiger partial charge in [-0.15, -0.1) is 11.8 Å². The van der Waals surface area contributed by atoms with E-state index in [1.54, 1.807) is 19.1 Å². The van der Waals surface area contributed by atoms with E-state index in [1.807, 2.05) is 32.8 Å². The van der Waals surface area contributed by atoms with Gasteiger partial charge in [0, 0.05) is 16.0 Å². The third-order valence-electron chi connectivity index (χ3n) is 5.00. The van der Waals surface area contributed by atoms with E-state index in [1.165, 1.54) is 30.0 Å². The van der Waals surface area contributed by atoms with Crippen molar-refractivity contribution in [2.75, 3.05) is 14.1 Å². The third kappa shape index (κ3) is 4.10. The Bertz CT molecular complexity index is 1180. The first-order chi connectivity index (χ1) is 13.8. The van der Waals surface area contributed by atoms with Crippen LogP contribution in [0.3, 0.4) is 0 Å². The van der Waals surface area contributed by atoms with Gasteiger partial charge in [0.2, 0.25) is 0 Å². The molecular formula is C21H23F3N2O2S2. The Kier molecular flexibility index (Phi) is 6.01. The van der Waals surface area contributed by atoms with Crippen molar-refractivity contribution in [2.24, 2.45) is 0 Å². The molecule has 1 atom stereocenters. The fourth-order valence-electron chi connectivity index (χ4n) is 3.09. The van der Waals surface area contributed by atoms with Crippen molar-refractivity contribution in [3.8, 4) is 0 Å². The first-order valence-corrected chi connectivity index (χ1v) is 11.5. The summed E-state index contributed by atoms with van der Waals surface area (Å²) in [4.78, 5) is 2.52.